The second-order valence-electron chi connectivity index (χ2n) is 4.12. The summed E-state index contributed by atoms with van der Waals surface area (Å²) < 4.78 is 5.87. The minimum absolute atomic E-state index is 0.946. The van der Waals surface area contributed by atoms with E-state index in [0.29, 0.717) is 0 Å². The first kappa shape index (κ1) is 12.8. The molecule has 0 heterocycles. The molecule has 0 N–H and O–H groups in total. The van der Waals surface area contributed by atoms with Crippen molar-refractivity contribution in [3.8, 4) is 5.75 Å². The number of hydrogen-bond acceptors (Lipinski definition) is 1. The van der Waals surface area contributed by atoms with Crippen LogP contribution in [0.5, 0.6) is 5.75 Å². The van der Waals surface area contributed by atoms with E-state index >= 15 is 0 Å². The van der Waals surface area contributed by atoms with E-state index in [1.807, 2.05) is 12.1 Å². The normalized spacial score (nSPS) is 11.6. The number of benzene rings is 1. The summed E-state index contributed by atoms with van der Waals surface area (Å²) in [7, 11) is 0. The van der Waals surface area contributed by atoms with Crippen molar-refractivity contribution in [2.24, 2.45) is 0 Å². The predicted octanol–water partition coefficient (Wildman–Crippen LogP) is 4.86. The number of rotatable bonds is 6. The average molecular weight is 218 g/mol. The molecule has 16 heavy (non-hydrogen) atoms. The summed E-state index contributed by atoms with van der Waals surface area (Å²) in [5.74, 6) is 2.05. The third kappa shape index (κ3) is 4.52. The van der Waals surface area contributed by atoms with Gasteiger partial charge in [0.15, 0.2) is 0 Å². The summed E-state index contributed by atoms with van der Waals surface area (Å²) in [5, 5.41) is 0. The lowest BCUT2D eigenvalue weighted by atomic mass is 10.2. The molecule has 1 rings (SSSR count). The van der Waals surface area contributed by atoms with Gasteiger partial charge in [-0.2, -0.15) is 0 Å². The highest BCUT2D eigenvalue weighted by atomic mass is 16.5. The maximum Gasteiger partial charge on any atom is 0.126 e. The largest absolute Gasteiger partial charge is 0.462 e. The number of unbranched alkanes of at least 4 members (excludes halogenated alkanes) is 1. The second kappa shape index (κ2) is 7.10. The van der Waals surface area contributed by atoms with E-state index in [2.05, 4.69) is 39.0 Å². The molecule has 0 amide bonds. The number of aryl methyl sites for hydroxylation is 1. The third-order valence-corrected chi connectivity index (χ3v) is 2.43. The molecule has 0 unspecified atom stereocenters. The lowest BCUT2D eigenvalue weighted by Gasteiger charge is -2.09. The molecule has 0 spiro atoms. The molecule has 1 aromatic carbocycles. The monoisotopic (exact) mass is 218 g/mol. The molecule has 0 saturated heterocycles. The van der Waals surface area contributed by atoms with Crippen LogP contribution in [0.2, 0.25) is 0 Å². The molecule has 1 aromatic rings. The van der Waals surface area contributed by atoms with Gasteiger partial charge in [0.2, 0.25) is 0 Å². The van der Waals surface area contributed by atoms with Crippen LogP contribution in [-0.4, -0.2) is 0 Å². The van der Waals surface area contributed by atoms with Gasteiger partial charge in [-0.1, -0.05) is 38.0 Å². The Labute approximate surface area is 99.1 Å². The highest BCUT2D eigenvalue weighted by Crippen LogP contribution is 2.17. The van der Waals surface area contributed by atoms with E-state index in [4.69, 9.17) is 4.74 Å². The third-order valence-electron chi connectivity index (χ3n) is 2.43. The van der Waals surface area contributed by atoms with Crippen LogP contribution in [0.4, 0.5) is 0 Å². The molecular formula is C15H22O. The standard InChI is InChI=1S/C15H22O/c1-4-6-8-14(7-5-2)16-15-11-9-13(3)10-12-15/h8-12H,4-7H2,1-3H3/b14-8-. The lowest BCUT2D eigenvalue weighted by molar-refractivity contribution is 0.398. The molecule has 0 aliphatic carbocycles. The van der Waals surface area contributed by atoms with Crippen LogP contribution in [0.15, 0.2) is 36.1 Å². The van der Waals surface area contributed by atoms with Gasteiger partial charge in [-0.3, -0.25) is 0 Å². The van der Waals surface area contributed by atoms with Crippen LogP contribution in [0, 0.1) is 6.92 Å². The minimum atomic E-state index is 0.946. The van der Waals surface area contributed by atoms with Gasteiger partial charge in [-0.05, 0) is 38.0 Å². The Kier molecular flexibility index (Phi) is 5.69. The molecule has 0 atom stereocenters. The first-order chi connectivity index (χ1) is 7.76. The number of allylic oxidation sites excluding steroid dienone is 2. The van der Waals surface area contributed by atoms with Crippen LogP contribution in [0.25, 0.3) is 0 Å². The zero-order valence-corrected chi connectivity index (χ0v) is 10.6. The quantitative estimate of drug-likeness (QED) is 0.620. The first-order valence-corrected chi connectivity index (χ1v) is 6.19. The molecule has 1 nitrogen and oxygen atoms in total. The molecule has 0 aromatic heterocycles. The second-order valence-corrected chi connectivity index (χ2v) is 4.12. The van der Waals surface area contributed by atoms with Crippen molar-refractivity contribution < 1.29 is 4.74 Å². The van der Waals surface area contributed by atoms with Gasteiger partial charge in [0, 0.05) is 6.42 Å². The van der Waals surface area contributed by atoms with E-state index in [1.165, 1.54) is 12.0 Å². The van der Waals surface area contributed by atoms with Gasteiger partial charge >= 0.3 is 0 Å². The zero-order chi connectivity index (χ0) is 11.8. The van der Waals surface area contributed by atoms with Crippen molar-refractivity contribution in [3.05, 3.63) is 41.7 Å². The van der Waals surface area contributed by atoms with E-state index < -0.39 is 0 Å². The lowest BCUT2D eigenvalue weighted by Crippen LogP contribution is -1.95. The van der Waals surface area contributed by atoms with Crippen molar-refractivity contribution >= 4 is 0 Å². The number of ether oxygens (including phenoxy) is 1. The van der Waals surface area contributed by atoms with Crippen LogP contribution >= 0.6 is 0 Å². The van der Waals surface area contributed by atoms with Crippen molar-refractivity contribution in [2.75, 3.05) is 0 Å². The Balaban J connectivity index is 2.63. The SMILES string of the molecule is CCC/C=C(/CCC)Oc1ccc(C)cc1. The maximum absolute atomic E-state index is 5.87. The van der Waals surface area contributed by atoms with E-state index in [0.717, 1.165) is 30.8 Å². The first-order valence-electron chi connectivity index (χ1n) is 6.19. The van der Waals surface area contributed by atoms with Gasteiger partial charge in [-0.25, -0.2) is 0 Å². The summed E-state index contributed by atoms with van der Waals surface area (Å²) in [5.41, 5.74) is 1.27. The molecule has 88 valence electrons. The summed E-state index contributed by atoms with van der Waals surface area (Å²) >= 11 is 0. The van der Waals surface area contributed by atoms with Gasteiger partial charge in [-0.15, -0.1) is 0 Å². The molecular weight excluding hydrogens is 196 g/mol. The van der Waals surface area contributed by atoms with E-state index in [1.54, 1.807) is 0 Å². The Bertz CT molecular complexity index is 322. The summed E-state index contributed by atoms with van der Waals surface area (Å²) in [4.78, 5) is 0. The molecule has 0 fully saturated rings. The van der Waals surface area contributed by atoms with E-state index in [-0.39, 0.29) is 0 Å². The topological polar surface area (TPSA) is 9.23 Å². The fraction of sp³-hybridized carbons (Fsp3) is 0.467. The minimum Gasteiger partial charge on any atom is -0.462 e. The Morgan fingerprint density at radius 3 is 2.38 bits per heavy atom. The Morgan fingerprint density at radius 2 is 1.81 bits per heavy atom. The van der Waals surface area contributed by atoms with Gasteiger partial charge in [0.25, 0.3) is 0 Å². The molecule has 1 heteroatoms. The molecule has 0 aliphatic heterocycles. The van der Waals surface area contributed by atoms with E-state index in [9.17, 15) is 0 Å². The van der Waals surface area contributed by atoms with Gasteiger partial charge < -0.3 is 4.74 Å². The fourth-order valence-corrected chi connectivity index (χ4v) is 1.50. The van der Waals surface area contributed by atoms with Crippen LogP contribution in [0.1, 0.15) is 45.1 Å². The van der Waals surface area contributed by atoms with Crippen LogP contribution in [-0.2, 0) is 0 Å². The molecule has 0 saturated carbocycles. The Morgan fingerprint density at radius 1 is 1.12 bits per heavy atom. The smallest absolute Gasteiger partial charge is 0.126 e. The van der Waals surface area contributed by atoms with Crippen molar-refractivity contribution in [3.63, 3.8) is 0 Å². The van der Waals surface area contributed by atoms with Crippen LogP contribution in [0.3, 0.4) is 0 Å². The van der Waals surface area contributed by atoms with Crippen LogP contribution < -0.4 is 4.74 Å². The van der Waals surface area contributed by atoms with Crippen molar-refractivity contribution in [1.82, 2.24) is 0 Å². The number of hydrogen-bond donors (Lipinski definition) is 0. The summed E-state index contributed by atoms with van der Waals surface area (Å²) in [6.07, 6.45) is 6.63. The molecule has 0 radical (unpaired) electrons. The molecule has 0 bridgehead atoms. The maximum atomic E-state index is 5.87. The predicted molar refractivity (Wildman–Crippen MR) is 69.7 cm³/mol. The van der Waals surface area contributed by atoms with Crippen molar-refractivity contribution in [2.45, 2.75) is 46.5 Å². The highest BCUT2D eigenvalue weighted by molar-refractivity contribution is 5.27. The summed E-state index contributed by atoms with van der Waals surface area (Å²) in [6, 6.07) is 8.23. The zero-order valence-electron chi connectivity index (χ0n) is 10.6. The van der Waals surface area contributed by atoms with Crippen molar-refractivity contribution in [1.29, 1.82) is 0 Å². The average Bonchev–Trinajstić information content (AvgIpc) is 2.29. The molecule has 0 aliphatic rings. The van der Waals surface area contributed by atoms with Gasteiger partial charge in [0.1, 0.15) is 11.5 Å². The Hall–Kier alpha value is -1.24. The fourth-order valence-electron chi connectivity index (χ4n) is 1.50. The van der Waals surface area contributed by atoms with Gasteiger partial charge in [0.05, 0.1) is 0 Å². The highest BCUT2D eigenvalue weighted by Gasteiger charge is 1.99. The summed E-state index contributed by atoms with van der Waals surface area (Å²) in [6.45, 7) is 6.45.